The van der Waals surface area contributed by atoms with Crippen LogP contribution < -0.4 is 5.32 Å². The van der Waals surface area contributed by atoms with Gasteiger partial charge in [0, 0.05) is 11.7 Å². The Balaban J connectivity index is 2.15. The molecule has 0 bridgehead atoms. The van der Waals surface area contributed by atoms with Gasteiger partial charge in [-0.1, -0.05) is 19.8 Å². The molecule has 0 aromatic carbocycles. The molecule has 0 spiro atoms. The van der Waals surface area contributed by atoms with E-state index in [9.17, 15) is 9.59 Å². The Kier molecular flexibility index (Phi) is 5.63. The van der Waals surface area contributed by atoms with Crippen molar-refractivity contribution in [2.75, 3.05) is 7.11 Å². The Bertz CT molecular complexity index is 591. The number of hydrogen-bond donors (Lipinski definition) is 2. The number of esters is 1. The summed E-state index contributed by atoms with van der Waals surface area (Å²) in [6.45, 7) is 7.72. The van der Waals surface area contributed by atoms with Crippen molar-refractivity contribution in [1.29, 1.82) is 0 Å². The Morgan fingerprint density at radius 3 is 2.52 bits per heavy atom. The predicted molar refractivity (Wildman–Crippen MR) is 90.0 cm³/mol. The van der Waals surface area contributed by atoms with Crippen molar-refractivity contribution in [2.24, 2.45) is 5.92 Å². The van der Waals surface area contributed by atoms with E-state index in [2.05, 4.69) is 17.2 Å². The lowest BCUT2D eigenvalue weighted by Gasteiger charge is -2.31. The number of methoxy groups -OCH3 is 1. The van der Waals surface area contributed by atoms with Crippen LogP contribution in [0, 0.1) is 19.8 Å². The summed E-state index contributed by atoms with van der Waals surface area (Å²) in [6.07, 6.45) is 4.83. The van der Waals surface area contributed by atoms with Crippen molar-refractivity contribution < 1.29 is 14.3 Å². The Hall–Kier alpha value is -1.62. The third-order valence-electron chi connectivity index (χ3n) is 5.04. The van der Waals surface area contributed by atoms with Crippen LogP contribution in [0.2, 0.25) is 0 Å². The first kappa shape index (κ1) is 17.7. The quantitative estimate of drug-likeness (QED) is 0.646. The lowest BCUT2D eigenvalue weighted by Crippen LogP contribution is -2.46. The molecule has 1 saturated carbocycles. The van der Waals surface area contributed by atoms with E-state index in [1.807, 2.05) is 6.92 Å². The van der Waals surface area contributed by atoms with Crippen LogP contribution >= 0.6 is 0 Å². The number of ether oxygens (including phenoxy) is 1. The van der Waals surface area contributed by atoms with Crippen molar-refractivity contribution in [1.82, 2.24) is 10.3 Å². The number of carbonyl (C=O) groups excluding carboxylic acids is 2. The highest BCUT2D eigenvalue weighted by molar-refractivity contribution is 6.03. The molecule has 2 N–H and O–H groups in total. The van der Waals surface area contributed by atoms with Crippen LogP contribution in [-0.4, -0.2) is 35.9 Å². The summed E-state index contributed by atoms with van der Waals surface area (Å²) in [5, 5.41) is 3.48. The summed E-state index contributed by atoms with van der Waals surface area (Å²) in [7, 11) is 1.35. The van der Waals surface area contributed by atoms with Gasteiger partial charge in [0.15, 0.2) is 5.78 Å². The van der Waals surface area contributed by atoms with Crippen LogP contribution in [0.1, 0.15) is 71.6 Å². The van der Waals surface area contributed by atoms with Crippen LogP contribution in [-0.2, 0) is 4.74 Å². The summed E-state index contributed by atoms with van der Waals surface area (Å²) < 4.78 is 4.80. The number of ketones is 1. The average molecular weight is 320 g/mol. The maximum Gasteiger partial charge on any atom is 0.339 e. The van der Waals surface area contributed by atoms with E-state index in [1.165, 1.54) is 26.4 Å². The number of carbonyl (C=O) groups is 2. The first-order valence-electron chi connectivity index (χ1n) is 8.44. The number of aromatic amines is 1. The van der Waals surface area contributed by atoms with Gasteiger partial charge in [0.25, 0.3) is 0 Å². The van der Waals surface area contributed by atoms with Gasteiger partial charge in [-0.2, -0.15) is 0 Å². The monoisotopic (exact) mass is 320 g/mol. The lowest BCUT2D eigenvalue weighted by molar-refractivity contribution is 0.0599. The van der Waals surface area contributed by atoms with Gasteiger partial charge in [-0.05, 0) is 45.1 Å². The van der Waals surface area contributed by atoms with E-state index in [1.54, 1.807) is 13.8 Å². The first-order chi connectivity index (χ1) is 10.9. The fourth-order valence-corrected chi connectivity index (χ4v) is 3.58. The second-order valence-electron chi connectivity index (χ2n) is 6.74. The van der Waals surface area contributed by atoms with Crippen molar-refractivity contribution in [3.05, 3.63) is 22.5 Å². The van der Waals surface area contributed by atoms with Gasteiger partial charge in [0.2, 0.25) is 0 Å². The van der Waals surface area contributed by atoms with Crippen LogP contribution in [0.3, 0.4) is 0 Å². The largest absolute Gasteiger partial charge is 0.465 e. The zero-order chi connectivity index (χ0) is 17.1. The molecule has 0 unspecified atom stereocenters. The first-order valence-corrected chi connectivity index (χ1v) is 8.44. The smallest absolute Gasteiger partial charge is 0.339 e. The molecular formula is C18H28N2O3. The van der Waals surface area contributed by atoms with Crippen molar-refractivity contribution in [2.45, 2.75) is 65.5 Å². The zero-order valence-corrected chi connectivity index (χ0v) is 14.8. The molecule has 0 saturated heterocycles. The minimum atomic E-state index is -0.406. The second-order valence-corrected chi connectivity index (χ2v) is 6.74. The molecule has 1 aromatic rings. The topological polar surface area (TPSA) is 71.2 Å². The maximum atomic E-state index is 12.8. The van der Waals surface area contributed by atoms with Crippen LogP contribution in [0.5, 0.6) is 0 Å². The van der Waals surface area contributed by atoms with Gasteiger partial charge in [0.1, 0.15) is 0 Å². The summed E-state index contributed by atoms with van der Waals surface area (Å²) in [4.78, 5) is 27.7. The normalized spacial score (nSPS) is 22.7. The fourth-order valence-electron chi connectivity index (χ4n) is 3.58. The number of rotatable bonds is 5. The van der Waals surface area contributed by atoms with Gasteiger partial charge in [-0.15, -0.1) is 0 Å². The third-order valence-corrected chi connectivity index (χ3v) is 5.04. The predicted octanol–water partition coefficient (Wildman–Crippen LogP) is 3.16. The number of aryl methyl sites for hydroxylation is 1. The summed E-state index contributed by atoms with van der Waals surface area (Å²) in [6, 6.07) is 0.113. The molecule has 23 heavy (non-hydrogen) atoms. The van der Waals surface area contributed by atoms with Crippen molar-refractivity contribution >= 4 is 11.8 Å². The minimum Gasteiger partial charge on any atom is -0.465 e. The molecule has 1 aliphatic rings. The highest BCUT2D eigenvalue weighted by atomic mass is 16.5. The Morgan fingerprint density at radius 2 is 1.91 bits per heavy atom. The Labute approximate surface area is 138 Å². The van der Waals surface area contributed by atoms with Crippen molar-refractivity contribution in [3.8, 4) is 0 Å². The molecule has 5 nitrogen and oxygen atoms in total. The summed E-state index contributed by atoms with van der Waals surface area (Å²) in [5.41, 5.74) is 2.32. The average Bonchev–Trinajstić information content (AvgIpc) is 2.82. The molecule has 5 heteroatoms. The molecule has 1 aliphatic carbocycles. The number of hydrogen-bond acceptors (Lipinski definition) is 4. The third kappa shape index (κ3) is 3.66. The molecule has 0 aliphatic heterocycles. The van der Waals surface area contributed by atoms with Crippen LogP contribution in [0.25, 0.3) is 0 Å². The van der Waals surface area contributed by atoms with E-state index in [0.717, 1.165) is 6.42 Å². The van der Waals surface area contributed by atoms with Crippen LogP contribution in [0.15, 0.2) is 0 Å². The van der Waals surface area contributed by atoms with E-state index in [-0.39, 0.29) is 11.8 Å². The van der Waals surface area contributed by atoms with Gasteiger partial charge < -0.3 is 15.0 Å². The van der Waals surface area contributed by atoms with Gasteiger partial charge in [0.05, 0.1) is 24.4 Å². The lowest BCUT2D eigenvalue weighted by atomic mass is 9.85. The molecule has 1 aromatic heterocycles. The summed E-state index contributed by atoms with van der Waals surface area (Å²) >= 11 is 0. The zero-order valence-electron chi connectivity index (χ0n) is 14.8. The number of H-pyrrole nitrogens is 1. The molecule has 1 fully saturated rings. The number of Topliss-reactive ketones (excluding diaryl/α,β-unsaturated/α-hetero) is 1. The van der Waals surface area contributed by atoms with E-state index >= 15 is 0 Å². The van der Waals surface area contributed by atoms with E-state index in [0.29, 0.717) is 34.5 Å². The number of nitrogens with one attached hydrogen (secondary N) is 2. The SMILES string of the molecule is COC(=O)c1c(C)[nH]c(C(=O)[C@@H](C)N[C@@H]2CCCC[C@@H]2C)c1C. The van der Waals surface area contributed by atoms with E-state index < -0.39 is 5.97 Å². The van der Waals surface area contributed by atoms with Gasteiger partial charge in [-0.3, -0.25) is 4.79 Å². The van der Waals surface area contributed by atoms with Crippen LogP contribution in [0.4, 0.5) is 0 Å². The molecule has 3 atom stereocenters. The highest BCUT2D eigenvalue weighted by Crippen LogP contribution is 2.25. The molecule has 128 valence electrons. The summed E-state index contributed by atoms with van der Waals surface area (Å²) in [5.74, 6) is 0.187. The molecule has 0 radical (unpaired) electrons. The van der Waals surface area contributed by atoms with Gasteiger partial charge >= 0.3 is 5.97 Å². The van der Waals surface area contributed by atoms with Crippen molar-refractivity contribution in [3.63, 3.8) is 0 Å². The molecule has 0 amide bonds. The van der Waals surface area contributed by atoms with Gasteiger partial charge in [-0.25, -0.2) is 4.79 Å². The second kappa shape index (κ2) is 7.30. The molecule has 2 rings (SSSR count). The highest BCUT2D eigenvalue weighted by Gasteiger charge is 2.28. The maximum absolute atomic E-state index is 12.8. The molecule has 1 heterocycles. The number of aromatic nitrogens is 1. The molecular weight excluding hydrogens is 292 g/mol. The standard InChI is InChI=1S/C18H28N2O3/c1-10-8-6-7-9-14(10)19-13(4)17(21)16-11(2)15(12(3)20-16)18(22)23-5/h10,13-14,19-20H,6-9H2,1-5H3/t10-,13+,14+/m0/s1. The Morgan fingerprint density at radius 1 is 1.26 bits per heavy atom. The fraction of sp³-hybridized carbons (Fsp3) is 0.667. The minimum absolute atomic E-state index is 0.00136. The van der Waals surface area contributed by atoms with E-state index in [4.69, 9.17) is 4.74 Å².